The van der Waals surface area contributed by atoms with E-state index in [1.807, 2.05) is 5.32 Å². The molecule has 26 heavy (non-hydrogen) atoms. The smallest absolute Gasteiger partial charge is 0.338 e. The number of hydrogen-bond donors (Lipinski definition) is 2. The van der Waals surface area contributed by atoms with Crippen LogP contribution in [-0.4, -0.2) is 43.0 Å². The molecule has 0 unspecified atom stereocenters. The van der Waals surface area contributed by atoms with Crippen LogP contribution in [-0.2, 0) is 14.3 Å². The van der Waals surface area contributed by atoms with Crippen molar-refractivity contribution in [1.82, 2.24) is 10.6 Å². The molecule has 1 heterocycles. The van der Waals surface area contributed by atoms with E-state index in [1.54, 1.807) is 13.8 Å². The van der Waals surface area contributed by atoms with Gasteiger partial charge in [0.2, 0.25) is 5.91 Å². The number of nitrogens with one attached hydrogen (secondary N) is 2. The summed E-state index contributed by atoms with van der Waals surface area (Å²) in [6, 6.07) is 3.60. The van der Waals surface area contributed by atoms with Crippen LogP contribution in [0.4, 0.5) is 10.5 Å². The molecule has 2 N–H and O–H groups in total. The van der Waals surface area contributed by atoms with Crippen LogP contribution in [0, 0.1) is 0 Å². The second-order valence-electron chi connectivity index (χ2n) is 6.07. The molecule has 0 aliphatic carbocycles. The molecule has 140 valence electrons. The minimum atomic E-state index is -0.756. The third-order valence-corrected chi connectivity index (χ3v) is 3.87. The van der Waals surface area contributed by atoms with E-state index in [9.17, 15) is 19.2 Å². The molecule has 4 amide bonds. The minimum Gasteiger partial charge on any atom is -0.452 e. The highest BCUT2D eigenvalue weighted by Crippen LogP contribution is 2.30. The van der Waals surface area contributed by atoms with Crippen molar-refractivity contribution >= 4 is 41.1 Å². The molecule has 0 radical (unpaired) electrons. The quantitative estimate of drug-likeness (QED) is 0.757. The maximum absolute atomic E-state index is 12.1. The van der Waals surface area contributed by atoms with Crippen molar-refractivity contribution in [1.29, 1.82) is 0 Å². The standard InChI is InChI=1S/C17H20ClN3O5/c1-10(2)19-17(25)20-14(22)9-26-16(24)11-5-6-12(18)13(8-11)21-7-3-4-15(21)23/h5-6,8,10H,3-4,7,9H2,1-2H3,(H2,19,20,22,25). The first kappa shape index (κ1) is 19.7. The number of carbonyl (C=O) groups is 4. The SMILES string of the molecule is CC(C)NC(=O)NC(=O)COC(=O)c1ccc(Cl)c(N2CCCC2=O)c1. The van der Waals surface area contributed by atoms with Gasteiger partial charge in [-0.2, -0.15) is 0 Å². The zero-order valence-corrected chi connectivity index (χ0v) is 15.3. The van der Waals surface area contributed by atoms with Crippen molar-refractivity contribution in [3.05, 3.63) is 28.8 Å². The van der Waals surface area contributed by atoms with Gasteiger partial charge >= 0.3 is 12.0 Å². The van der Waals surface area contributed by atoms with Crippen LogP contribution < -0.4 is 15.5 Å². The first-order valence-electron chi connectivity index (χ1n) is 8.15. The summed E-state index contributed by atoms with van der Waals surface area (Å²) in [5, 5.41) is 4.87. The Morgan fingerprint density at radius 3 is 2.65 bits per heavy atom. The predicted octanol–water partition coefficient (Wildman–Crippen LogP) is 1.86. The van der Waals surface area contributed by atoms with Gasteiger partial charge in [0.25, 0.3) is 5.91 Å². The zero-order chi connectivity index (χ0) is 19.3. The van der Waals surface area contributed by atoms with Crippen molar-refractivity contribution in [2.45, 2.75) is 32.7 Å². The normalized spacial score (nSPS) is 13.7. The molecular formula is C17H20ClN3O5. The molecule has 1 aliphatic heterocycles. The second-order valence-corrected chi connectivity index (χ2v) is 6.47. The fourth-order valence-electron chi connectivity index (χ4n) is 2.42. The highest BCUT2D eigenvalue weighted by atomic mass is 35.5. The Morgan fingerprint density at radius 2 is 2.04 bits per heavy atom. The maximum atomic E-state index is 12.1. The Bertz CT molecular complexity index is 735. The number of imide groups is 1. The fourth-order valence-corrected chi connectivity index (χ4v) is 2.64. The van der Waals surface area contributed by atoms with Gasteiger partial charge in [-0.25, -0.2) is 9.59 Å². The van der Waals surface area contributed by atoms with Crippen LogP contribution in [0.1, 0.15) is 37.0 Å². The van der Waals surface area contributed by atoms with Crippen LogP contribution in [0.15, 0.2) is 18.2 Å². The number of nitrogens with zero attached hydrogens (tertiary/aromatic N) is 1. The van der Waals surface area contributed by atoms with Crippen LogP contribution in [0.25, 0.3) is 0 Å². The van der Waals surface area contributed by atoms with E-state index in [-0.39, 0.29) is 17.5 Å². The summed E-state index contributed by atoms with van der Waals surface area (Å²) in [7, 11) is 0. The Hall–Kier alpha value is -2.61. The molecule has 9 heteroatoms. The van der Waals surface area contributed by atoms with E-state index < -0.39 is 24.5 Å². The van der Waals surface area contributed by atoms with Crippen LogP contribution in [0.3, 0.4) is 0 Å². The summed E-state index contributed by atoms with van der Waals surface area (Å²) in [4.78, 5) is 48.5. The number of benzene rings is 1. The molecule has 1 aromatic carbocycles. The molecule has 0 saturated carbocycles. The van der Waals surface area contributed by atoms with E-state index in [4.69, 9.17) is 16.3 Å². The lowest BCUT2D eigenvalue weighted by Crippen LogP contribution is -2.44. The molecule has 1 aromatic rings. The van der Waals surface area contributed by atoms with Gasteiger partial charge in [0, 0.05) is 19.0 Å². The summed E-state index contributed by atoms with van der Waals surface area (Å²) in [5.41, 5.74) is 0.591. The molecule has 0 atom stereocenters. The van der Waals surface area contributed by atoms with Crippen LogP contribution in [0.2, 0.25) is 5.02 Å². The topological polar surface area (TPSA) is 105 Å². The lowest BCUT2D eigenvalue weighted by molar-refractivity contribution is -0.123. The van der Waals surface area contributed by atoms with E-state index in [0.717, 1.165) is 6.42 Å². The monoisotopic (exact) mass is 381 g/mol. The average molecular weight is 382 g/mol. The van der Waals surface area contributed by atoms with Crippen molar-refractivity contribution in [2.75, 3.05) is 18.1 Å². The van der Waals surface area contributed by atoms with Crippen LogP contribution in [0.5, 0.6) is 0 Å². The highest BCUT2D eigenvalue weighted by Gasteiger charge is 2.25. The second kappa shape index (κ2) is 8.66. The largest absolute Gasteiger partial charge is 0.452 e. The van der Waals surface area contributed by atoms with E-state index in [0.29, 0.717) is 23.7 Å². The van der Waals surface area contributed by atoms with Gasteiger partial charge in [0.15, 0.2) is 6.61 Å². The number of ether oxygens (including phenoxy) is 1. The Labute approximate surface area is 155 Å². The van der Waals surface area contributed by atoms with Gasteiger partial charge in [-0.05, 0) is 38.5 Å². The minimum absolute atomic E-state index is 0.0621. The first-order valence-corrected chi connectivity index (χ1v) is 8.53. The zero-order valence-electron chi connectivity index (χ0n) is 14.5. The van der Waals surface area contributed by atoms with Gasteiger partial charge in [0.1, 0.15) is 0 Å². The molecule has 1 saturated heterocycles. The van der Waals surface area contributed by atoms with Crippen molar-refractivity contribution in [3.63, 3.8) is 0 Å². The van der Waals surface area contributed by atoms with Crippen molar-refractivity contribution < 1.29 is 23.9 Å². The van der Waals surface area contributed by atoms with Crippen LogP contribution >= 0.6 is 11.6 Å². The van der Waals surface area contributed by atoms with E-state index >= 15 is 0 Å². The number of esters is 1. The molecule has 0 aromatic heterocycles. The molecule has 8 nitrogen and oxygen atoms in total. The molecular weight excluding hydrogens is 362 g/mol. The van der Waals surface area contributed by atoms with Gasteiger partial charge in [-0.1, -0.05) is 11.6 Å². The van der Waals surface area contributed by atoms with E-state index in [1.165, 1.54) is 23.1 Å². The third kappa shape index (κ3) is 5.19. The Morgan fingerprint density at radius 1 is 1.31 bits per heavy atom. The number of urea groups is 1. The Kier molecular flexibility index (Phi) is 6.57. The molecule has 1 aliphatic rings. The van der Waals surface area contributed by atoms with Gasteiger partial charge in [-0.15, -0.1) is 0 Å². The average Bonchev–Trinajstić information content (AvgIpc) is 2.98. The lowest BCUT2D eigenvalue weighted by atomic mass is 10.2. The lowest BCUT2D eigenvalue weighted by Gasteiger charge is -2.18. The van der Waals surface area contributed by atoms with Gasteiger partial charge in [-0.3, -0.25) is 14.9 Å². The number of halogens is 1. The summed E-state index contributed by atoms with van der Waals surface area (Å²) in [5.74, 6) is -1.57. The summed E-state index contributed by atoms with van der Waals surface area (Å²) >= 11 is 6.12. The number of amides is 4. The highest BCUT2D eigenvalue weighted by molar-refractivity contribution is 6.34. The van der Waals surface area contributed by atoms with E-state index in [2.05, 4.69) is 5.32 Å². The molecule has 1 fully saturated rings. The number of rotatable bonds is 5. The summed E-state index contributed by atoms with van der Waals surface area (Å²) in [6.45, 7) is 3.41. The predicted molar refractivity (Wildman–Crippen MR) is 95.1 cm³/mol. The molecule has 0 bridgehead atoms. The van der Waals surface area contributed by atoms with Crippen molar-refractivity contribution in [3.8, 4) is 0 Å². The summed E-state index contributed by atoms with van der Waals surface area (Å²) in [6.07, 6.45) is 1.16. The summed E-state index contributed by atoms with van der Waals surface area (Å²) < 4.78 is 4.90. The number of hydrogen-bond acceptors (Lipinski definition) is 5. The third-order valence-electron chi connectivity index (χ3n) is 3.55. The van der Waals surface area contributed by atoms with Gasteiger partial charge in [0.05, 0.1) is 16.3 Å². The number of carbonyl (C=O) groups excluding carboxylic acids is 4. The molecule has 0 spiro atoms. The van der Waals surface area contributed by atoms with Gasteiger partial charge < -0.3 is 15.0 Å². The first-order chi connectivity index (χ1) is 12.3. The van der Waals surface area contributed by atoms with Crippen molar-refractivity contribution in [2.24, 2.45) is 0 Å². The number of anilines is 1. The Balaban J connectivity index is 1.96. The fraction of sp³-hybridized carbons (Fsp3) is 0.412. The maximum Gasteiger partial charge on any atom is 0.338 e. The molecule has 2 rings (SSSR count).